The van der Waals surface area contributed by atoms with E-state index < -0.39 is 5.91 Å². The van der Waals surface area contributed by atoms with Crippen molar-refractivity contribution in [3.05, 3.63) is 29.8 Å². The van der Waals surface area contributed by atoms with Crippen molar-refractivity contribution >= 4 is 11.8 Å². The predicted octanol–water partition coefficient (Wildman–Crippen LogP) is 0.669. The summed E-state index contributed by atoms with van der Waals surface area (Å²) in [6.07, 6.45) is 1.35. The van der Waals surface area contributed by atoms with Gasteiger partial charge in [0.15, 0.2) is 0 Å². The molecule has 22 heavy (non-hydrogen) atoms. The summed E-state index contributed by atoms with van der Waals surface area (Å²) in [5.74, 6) is 0.503. The highest BCUT2D eigenvalue weighted by Gasteiger charge is 2.22. The van der Waals surface area contributed by atoms with Crippen molar-refractivity contribution in [1.29, 1.82) is 0 Å². The number of primary amides is 1. The van der Waals surface area contributed by atoms with E-state index in [4.69, 9.17) is 10.5 Å². The molecule has 0 aliphatic carbocycles. The van der Waals surface area contributed by atoms with Crippen LogP contribution in [0.1, 0.15) is 30.1 Å². The smallest absolute Gasteiger partial charge is 0.248 e. The monoisotopic (exact) mass is 305 g/mol. The number of piperidine rings is 1. The highest BCUT2D eigenvalue weighted by atomic mass is 16.5. The molecule has 1 aliphatic rings. The van der Waals surface area contributed by atoms with Gasteiger partial charge in [0.25, 0.3) is 0 Å². The molecule has 2 rings (SSSR count). The Kier molecular flexibility index (Phi) is 5.77. The Labute approximate surface area is 130 Å². The maximum absolute atomic E-state index is 11.9. The van der Waals surface area contributed by atoms with Crippen molar-refractivity contribution in [2.75, 3.05) is 19.7 Å². The third kappa shape index (κ3) is 4.73. The normalized spacial score (nSPS) is 21.1. The number of hydrogen-bond donors (Lipinski definition) is 3. The lowest BCUT2D eigenvalue weighted by molar-refractivity contribution is -0.122. The molecule has 1 aromatic rings. The molecule has 0 spiro atoms. The molecule has 4 N–H and O–H groups in total. The maximum Gasteiger partial charge on any atom is 0.248 e. The number of rotatable bonds is 6. The summed E-state index contributed by atoms with van der Waals surface area (Å²) >= 11 is 0. The molecular weight excluding hydrogens is 282 g/mol. The molecule has 6 nitrogen and oxygen atoms in total. The number of ether oxygens (including phenoxy) is 1. The van der Waals surface area contributed by atoms with E-state index in [2.05, 4.69) is 17.6 Å². The van der Waals surface area contributed by atoms with E-state index in [1.807, 2.05) is 0 Å². The average molecular weight is 305 g/mol. The number of carbonyl (C=O) groups is 2. The lowest BCUT2D eigenvalue weighted by Gasteiger charge is -2.30. The summed E-state index contributed by atoms with van der Waals surface area (Å²) in [6.45, 7) is 4.24. The lowest BCUT2D eigenvalue weighted by Crippen LogP contribution is -2.50. The largest absolute Gasteiger partial charge is 0.493 e. The first-order valence-electron chi connectivity index (χ1n) is 7.59. The molecule has 1 aliphatic heterocycles. The second kappa shape index (κ2) is 7.79. The van der Waals surface area contributed by atoms with Gasteiger partial charge in [-0.25, -0.2) is 0 Å². The second-order valence-electron chi connectivity index (χ2n) is 5.63. The summed E-state index contributed by atoms with van der Waals surface area (Å²) in [6, 6.07) is 6.81. The molecule has 0 radical (unpaired) electrons. The summed E-state index contributed by atoms with van der Waals surface area (Å²) in [4.78, 5) is 23.0. The van der Waals surface area contributed by atoms with E-state index in [0.717, 1.165) is 19.5 Å². The molecule has 2 amide bonds. The Balaban J connectivity index is 1.75. The zero-order valence-electron chi connectivity index (χ0n) is 12.8. The molecule has 0 aromatic heterocycles. The molecule has 1 heterocycles. The molecule has 0 saturated carbocycles. The van der Waals surface area contributed by atoms with Crippen LogP contribution < -0.4 is 21.1 Å². The van der Waals surface area contributed by atoms with Gasteiger partial charge >= 0.3 is 0 Å². The van der Waals surface area contributed by atoms with Gasteiger partial charge in [0.2, 0.25) is 11.8 Å². The highest BCUT2D eigenvalue weighted by molar-refractivity contribution is 5.93. The Morgan fingerprint density at radius 2 is 2.27 bits per heavy atom. The molecule has 120 valence electrons. The minimum atomic E-state index is -0.498. The van der Waals surface area contributed by atoms with E-state index in [-0.39, 0.29) is 25.0 Å². The SMILES string of the molecule is CC1CCNCC1NC(=O)CCOc1cccc(C(N)=O)c1. The average Bonchev–Trinajstić information content (AvgIpc) is 2.50. The van der Waals surface area contributed by atoms with Crippen LogP contribution in [0.15, 0.2) is 24.3 Å². The van der Waals surface area contributed by atoms with Gasteiger partial charge in [-0.1, -0.05) is 13.0 Å². The first kappa shape index (κ1) is 16.3. The lowest BCUT2D eigenvalue weighted by atomic mass is 9.95. The molecule has 2 unspecified atom stereocenters. The van der Waals surface area contributed by atoms with Crippen LogP contribution in [-0.2, 0) is 4.79 Å². The molecule has 2 atom stereocenters. The number of benzene rings is 1. The van der Waals surface area contributed by atoms with Gasteiger partial charge in [-0.2, -0.15) is 0 Å². The number of nitrogens with one attached hydrogen (secondary N) is 2. The molecule has 1 saturated heterocycles. The molecule has 0 bridgehead atoms. The van der Waals surface area contributed by atoms with Gasteiger partial charge in [0, 0.05) is 18.2 Å². The Morgan fingerprint density at radius 3 is 3.00 bits per heavy atom. The summed E-state index contributed by atoms with van der Waals surface area (Å²) in [7, 11) is 0. The van der Waals surface area contributed by atoms with Crippen molar-refractivity contribution in [3.63, 3.8) is 0 Å². The van der Waals surface area contributed by atoms with Gasteiger partial charge in [-0.15, -0.1) is 0 Å². The summed E-state index contributed by atoms with van der Waals surface area (Å²) in [5.41, 5.74) is 5.60. The fraction of sp³-hybridized carbons (Fsp3) is 0.500. The van der Waals surface area contributed by atoms with Gasteiger partial charge in [0.1, 0.15) is 5.75 Å². The number of nitrogens with two attached hydrogens (primary N) is 1. The molecule has 1 aromatic carbocycles. The van der Waals surface area contributed by atoms with Gasteiger partial charge in [-0.3, -0.25) is 9.59 Å². The van der Waals surface area contributed by atoms with Crippen molar-refractivity contribution in [1.82, 2.24) is 10.6 Å². The third-order valence-electron chi connectivity index (χ3n) is 3.89. The predicted molar refractivity (Wildman–Crippen MR) is 83.7 cm³/mol. The zero-order valence-corrected chi connectivity index (χ0v) is 12.8. The topological polar surface area (TPSA) is 93.4 Å². The van der Waals surface area contributed by atoms with Crippen LogP contribution in [0, 0.1) is 5.92 Å². The molecule has 6 heteroatoms. The number of hydrogen-bond acceptors (Lipinski definition) is 4. The van der Waals surface area contributed by atoms with Crippen LogP contribution in [0.5, 0.6) is 5.75 Å². The second-order valence-corrected chi connectivity index (χ2v) is 5.63. The van der Waals surface area contributed by atoms with Crippen molar-refractivity contribution in [2.24, 2.45) is 11.7 Å². The number of amides is 2. The Hall–Kier alpha value is -2.08. The Morgan fingerprint density at radius 1 is 1.45 bits per heavy atom. The van der Waals surface area contributed by atoms with Crippen LogP contribution in [0.2, 0.25) is 0 Å². The maximum atomic E-state index is 11.9. The van der Waals surface area contributed by atoms with Crippen molar-refractivity contribution in [3.8, 4) is 5.75 Å². The third-order valence-corrected chi connectivity index (χ3v) is 3.89. The fourth-order valence-electron chi connectivity index (χ4n) is 2.46. The highest BCUT2D eigenvalue weighted by Crippen LogP contribution is 2.14. The number of carbonyl (C=O) groups excluding carboxylic acids is 2. The van der Waals surface area contributed by atoms with Gasteiger partial charge in [0.05, 0.1) is 13.0 Å². The first-order chi connectivity index (χ1) is 10.6. The van der Waals surface area contributed by atoms with E-state index in [0.29, 0.717) is 17.2 Å². The Bertz CT molecular complexity index is 533. The zero-order chi connectivity index (χ0) is 15.9. The van der Waals surface area contributed by atoms with Crippen molar-refractivity contribution in [2.45, 2.75) is 25.8 Å². The van der Waals surface area contributed by atoms with E-state index >= 15 is 0 Å². The minimum Gasteiger partial charge on any atom is -0.493 e. The standard InChI is InChI=1S/C16H23N3O3/c1-11-5-7-18-10-14(11)19-15(20)6-8-22-13-4-2-3-12(9-13)16(17)21/h2-4,9,11,14,18H,5-8,10H2,1H3,(H2,17,21)(H,19,20). The van der Waals surface area contributed by atoms with E-state index in [1.54, 1.807) is 24.3 Å². The van der Waals surface area contributed by atoms with Gasteiger partial charge < -0.3 is 21.1 Å². The van der Waals surface area contributed by atoms with E-state index in [9.17, 15) is 9.59 Å². The fourth-order valence-corrected chi connectivity index (χ4v) is 2.46. The van der Waals surface area contributed by atoms with Crippen LogP contribution in [0.3, 0.4) is 0 Å². The van der Waals surface area contributed by atoms with Crippen LogP contribution in [0.25, 0.3) is 0 Å². The summed E-state index contributed by atoms with van der Waals surface area (Å²) in [5, 5.41) is 6.31. The first-order valence-corrected chi connectivity index (χ1v) is 7.59. The summed E-state index contributed by atoms with van der Waals surface area (Å²) < 4.78 is 5.50. The van der Waals surface area contributed by atoms with Crippen molar-refractivity contribution < 1.29 is 14.3 Å². The quantitative estimate of drug-likeness (QED) is 0.720. The van der Waals surface area contributed by atoms with Crippen LogP contribution in [-0.4, -0.2) is 37.6 Å². The van der Waals surface area contributed by atoms with Crippen LogP contribution >= 0.6 is 0 Å². The minimum absolute atomic E-state index is 0.0217. The van der Waals surface area contributed by atoms with E-state index in [1.165, 1.54) is 0 Å². The van der Waals surface area contributed by atoms with Gasteiger partial charge in [-0.05, 0) is 37.1 Å². The molecular formula is C16H23N3O3. The van der Waals surface area contributed by atoms with Crippen LogP contribution in [0.4, 0.5) is 0 Å². The molecule has 1 fully saturated rings.